The number of nitrogen functional groups attached to an aromatic ring is 1. The van der Waals surface area contributed by atoms with Crippen molar-refractivity contribution in [3.05, 3.63) is 77.4 Å². The molecule has 3 aromatic carbocycles. The Morgan fingerprint density at radius 2 is 1.74 bits per heavy atom. The zero-order chi connectivity index (χ0) is 16.2. The number of hydrogen-bond acceptors (Lipinski definition) is 2. The number of methoxy groups -OCH3 is 1. The van der Waals surface area contributed by atoms with E-state index in [0.29, 0.717) is 5.56 Å². The summed E-state index contributed by atoms with van der Waals surface area (Å²) in [5, 5.41) is 9.75. The van der Waals surface area contributed by atoms with Crippen LogP contribution in [0.2, 0.25) is 0 Å². The van der Waals surface area contributed by atoms with Gasteiger partial charge in [-0.05, 0) is 28.5 Å². The van der Waals surface area contributed by atoms with Gasteiger partial charge in [0.15, 0.2) is 0 Å². The van der Waals surface area contributed by atoms with E-state index in [1.54, 1.807) is 7.11 Å². The standard InChI is InChI=1S/C20H18N2O/c1-23-19-12-10-15-8-9-16(20(21)22)13-18(15)17(19)11-7-14-5-3-2-4-6-14/h2-13H,1H3,(H3,21,22). The molecule has 0 spiro atoms. The van der Waals surface area contributed by atoms with Crippen molar-refractivity contribution in [2.45, 2.75) is 0 Å². The summed E-state index contributed by atoms with van der Waals surface area (Å²) >= 11 is 0. The van der Waals surface area contributed by atoms with Crippen molar-refractivity contribution >= 4 is 28.8 Å². The highest BCUT2D eigenvalue weighted by molar-refractivity contribution is 6.02. The van der Waals surface area contributed by atoms with Crippen LogP contribution in [0.3, 0.4) is 0 Å². The predicted octanol–water partition coefficient (Wildman–Crippen LogP) is 4.30. The van der Waals surface area contributed by atoms with E-state index in [1.807, 2.05) is 54.6 Å². The van der Waals surface area contributed by atoms with Gasteiger partial charge in [0.05, 0.1) is 7.11 Å². The highest BCUT2D eigenvalue weighted by Crippen LogP contribution is 2.30. The van der Waals surface area contributed by atoms with Crippen LogP contribution < -0.4 is 10.5 Å². The van der Waals surface area contributed by atoms with Crippen LogP contribution >= 0.6 is 0 Å². The lowest BCUT2D eigenvalue weighted by molar-refractivity contribution is 0.414. The molecule has 3 N–H and O–H groups in total. The highest BCUT2D eigenvalue weighted by atomic mass is 16.5. The Bertz CT molecular complexity index is 883. The van der Waals surface area contributed by atoms with E-state index >= 15 is 0 Å². The lowest BCUT2D eigenvalue weighted by Crippen LogP contribution is -2.10. The minimum atomic E-state index is 0.0627. The summed E-state index contributed by atoms with van der Waals surface area (Å²) in [6, 6.07) is 19.9. The number of amidine groups is 1. The zero-order valence-electron chi connectivity index (χ0n) is 12.9. The highest BCUT2D eigenvalue weighted by Gasteiger charge is 2.07. The Labute approximate surface area is 135 Å². The van der Waals surface area contributed by atoms with Crippen LogP contribution in [0.5, 0.6) is 5.75 Å². The number of rotatable bonds is 4. The van der Waals surface area contributed by atoms with E-state index < -0.39 is 0 Å². The molecule has 0 amide bonds. The van der Waals surface area contributed by atoms with E-state index in [9.17, 15) is 0 Å². The molecule has 0 aliphatic heterocycles. The summed E-state index contributed by atoms with van der Waals surface area (Å²) in [6.45, 7) is 0. The molecule has 0 fully saturated rings. The maximum atomic E-state index is 7.64. The monoisotopic (exact) mass is 302 g/mol. The van der Waals surface area contributed by atoms with Crippen molar-refractivity contribution < 1.29 is 4.74 Å². The van der Waals surface area contributed by atoms with Gasteiger partial charge in [0.2, 0.25) is 0 Å². The summed E-state index contributed by atoms with van der Waals surface area (Å²) in [5.41, 5.74) is 8.44. The van der Waals surface area contributed by atoms with Crippen molar-refractivity contribution in [1.29, 1.82) is 5.41 Å². The minimum Gasteiger partial charge on any atom is -0.496 e. The van der Waals surface area contributed by atoms with Crippen LogP contribution in [0, 0.1) is 5.41 Å². The number of fused-ring (bicyclic) bond motifs is 1. The van der Waals surface area contributed by atoms with Gasteiger partial charge in [-0.25, -0.2) is 0 Å². The predicted molar refractivity (Wildman–Crippen MR) is 96.9 cm³/mol. The van der Waals surface area contributed by atoms with Gasteiger partial charge in [-0.3, -0.25) is 5.41 Å². The maximum absolute atomic E-state index is 7.64. The van der Waals surface area contributed by atoms with Crippen LogP contribution in [0.1, 0.15) is 16.7 Å². The fourth-order valence-electron chi connectivity index (χ4n) is 2.58. The Morgan fingerprint density at radius 1 is 1.00 bits per heavy atom. The number of nitrogens with one attached hydrogen (secondary N) is 1. The summed E-state index contributed by atoms with van der Waals surface area (Å²) < 4.78 is 5.51. The van der Waals surface area contributed by atoms with E-state index in [2.05, 4.69) is 18.2 Å². The largest absolute Gasteiger partial charge is 0.496 e. The lowest BCUT2D eigenvalue weighted by Gasteiger charge is -2.10. The molecule has 3 heteroatoms. The molecule has 0 heterocycles. The van der Waals surface area contributed by atoms with Crippen molar-refractivity contribution in [1.82, 2.24) is 0 Å². The molecular weight excluding hydrogens is 284 g/mol. The van der Waals surface area contributed by atoms with Crippen LogP contribution in [-0.2, 0) is 0 Å². The second kappa shape index (κ2) is 6.36. The van der Waals surface area contributed by atoms with E-state index in [0.717, 1.165) is 27.6 Å². The van der Waals surface area contributed by atoms with E-state index in [4.69, 9.17) is 15.9 Å². The van der Waals surface area contributed by atoms with Gasteiger partial charge >= 0.3 is 0 Å². The van der Waals surface area contributed by atoms with Crippen molar-refractivity contribution in [3.63, 3.8) is 0 Å². The van der Waals surface area contributed by atoms with Gasteiger partial charge in [0, 0.05) is 11.1 Å². The fraction of sp³-hybridized carbons (Fsp3) is 0.0500. The average molecular weight is 302 g/mol. The second-order valence-electron chi connectivity index (χ2n) is 5.28. The third-order valence-electron chi connectivity index (χ3n) is 3.80. The Kier molecular flexibility index (Phi) is 4.11. The van der Waals surface area contributed by atoms with E-state index in [1.165, 1.54) is 0 Å². The van der Waals surface area contributed by atoms with Crippen LogP contribution in [-0.4, -0.2) is 12.9 Å². The first-order valence-corrected chi connectivity index (χ1v) is 7.37. The molecule has 0 aromatic heterocycles. The molecular formula is C20H18N2O. The first kappa shape index (κ1) is 14.9. The third kappa shape index (κ3) is 3.09. The molecule has 0 bridgehead atoms. The smallest absolute Gasteiger partial charge is 0.126 e. The minimum absolute atomic E-state index is 0.0627. The fourth-order valence-corrected chi connectivity index (χ4v) is 2.58. The van der Waals surface area contributed by atoms with Gasteiger partial charge in [0.1, 0.15) is 11.6 Å². The Morgan fingerprint density at radius 3 is 2.43 bits per heavy atom. The van der Waals surface area contributed by atoms with Gasteiger partial charge < -0.3 is 10.5 Å². The molecule has 0 unspecified atom stereocenters. The molecule has 0 saturated heterocycles. The van der Waals surface area contributed by atoms with Crippen molar-refractivity contribution in [2.75, 3.05) is 7.11 Å². The number of hydrogen-bond donors (Lipinski definition) is 2. The van der Waals surface area contributed by atoms with Gasteiger partial charge in [-0.1, -0.05) is 60.7 Å². The summed E-state index contributed by atoms with van der Waals surface area (Å²) in [4.78, 5) is 0. The lowest BCUT2D eigenvalue weighted by atomic mass is 9.99. The summed E-state index contributed by atoms with van der Waals surface area (Å²) in [7, 11) is 1.66. The third-order valence-corrected chi connectivity index (χ3v) is 3.80. The molecule has 0 aliphatic rings. The summed E-state index contributed by atoms with van der Waals surface area (Å²) in [5.74, 6) is 0.859. The van der Waals surface area contributed by atoms with Crippen molar-refractivity contribution in [2.24, 2.45) is 5.73 Å². The Hall–Kier alpha value is -3.07. The number of nitrogens with two attached hydrogens (primary N) is 1. The molecule has 23 heavy (non-hydrogen) atoms. The SMILES string of the molecule is COc1ccc2ccc(C(=N)N)cc2c1C=Cc1ccccc1. The first-order valence-electron chi connectivity index (χ1n) is 7.37. The quantitative estimate of drug-likeness (QED) is 0.429. The van der Waals surface area contributed by atoms with E-state index in [-0.39, 0.29) is 5.84 Å². The molecule has 0 atom stereocenters. The molecule has 0 saturated carbocycles. The van der Waals surface area contributed by atoms with Crippen LogP contribution in [0.15, 0.2) is 60.7 Å². The molecule has 0 radical (unpaired) electrons. The number of benzene rings is 3. The normalized spacial score (nSPS) is 11.0. The first-order chi connectivity index (χ1) is 11.2. The Balaban J connectivity index is 2.17. The topological polar surface area (TPSA) is 59.1 Å². The van der Waals surface area contributed by atoms with Gasteiger partial charge in [-0.2, -0.15) is 0 Å². The van der Waals surface area contributed by atoms with Gasteiger partial charge in [0.25, 0.3) is 0 Å². The molecule has 3 aromatic rings. The molecule has 3 nitrogen and oxygen atoms in total. The second-order valence-corrected chi connectivity index (χ2v) is 5.28. The van der Waals surface area contributed by atoms with Crippen molar-refractivity contribution in [3.8, 4) is 5.75 Å². The molecule has 114 valence electrons. The molecule has 3 rings (SSSR count). The van der Waals surface area contributed by atoms with Crippen LogP contribution in [0.25, 0.3) is 22.9 Å². The van der Waals surface area contributed by atoms with Crippen LogP contribution in [0.4, 0.5) is 0 Å². The zero-order valence-corrected chi connectivity index (χ0v) is 12.9. The molecule has 0 aliphatic carbocycles. The maximum Gasteiger partial charge on any atom is 0.126 e. The summed E-state index contributed by atoms with van der Waals surface area (Å²) in [6.07, 6.45) is 4.10. The average Bonchev–Trinajstić information content (AvgIpc) is 2.59. The number of ether oxygens (including phenoxy) is 1. The van der Waals surface area contributed by atoms with Gasteiger partial charge in [-0.15, -0.1) is 0 Å².